The van der Waals surface area contributed by atoms with Gasteiger partial charge < -0.3 is 5.32 Å². The second kappa shape index (κ2) is 6.13. The molecule has 0 aliphatic heterocycles. The fourth-order valence-corrected chi connectivity index (χ4v) is 2.15. The molecular formula is C15H19F2N3. The Kier molecular flexibility index (Phi) is 4.49. The molecule has 1 heterocycles. The maximum absolute atomic E-state index is 14.1. The van der Waals surface area contributed by atoms with Gasteiger partial charge in [0.2, 0.25) is 0 Å². The Bertz CT molecular complexity index is 593. The molecule has 0 spiro atoms. The Balaban J connectivity index is 2.43. The minimum absolute atomic E-state index is 0.365. The molecule has 2 rings (SSSR count). The quantitative estimate of drug-likeness (QED) is 0.911. The molecule has 1 aromatic heterocycles. The number of rotatable bonds is 5. The summed E-state index contributed by atoms with van der Waals surface area (Å²) >= 11 is 0. The number of aryl methyl sites for hydroxylation is 2. The lowest BCUT2D eigenvalue weighted by Gasteiger charge is -2.18. The van der Waals surface area contributed by atoms with Crippen LogP contribution in [0.5, 0.6) is 0 Å². The predicted octanol–water partition coefficient (Wildman–Crippen LogP) is 3.10. The molecule has 1 N–H and O–H groups in total. The van der Waals surface area contributed by atoms with Crippen LogP contribution in [0.3, 0.4) is 0 Å². The van der Waals surface area contributed by atoms with E-state index in [0.717, 1.165) is 24.7 Å². The monoisotopic (exact) mass is 279 g/mol. The first-order chi connectivity index (χ1) is 9.52. The fourth-order valence-electron chi connectivity index (χ4n) is 2.15. The Morgan fingerprint density at radius 1 is 1.30 bits per heavy atom. The molecular weight excluding hydrogens is 260 g/mol. The zero-order valence-electron chi connectivity index (χ0n) is 12.0. The van der Waals surface area contributed by atoms with Crippen LogP contribution in [-0.2, 0) is 7.05 Å². The van der Waals surface area contributed by atoms with Gasteiger partial charge in [-0.05, 0) is 37.6 Å². The summed E-state index contributed by atoms with van der Waals surface area (Å²) in [4.78, 5) is 0. The molecule has 2 aromatic rings. The van der Waals surface area contributed by atoms with Crippen molar-refractivity contribution in [2.24, 2.45) is 7.05 Å². The molecule has 1 atom stereocenters. The van der Waals surface area contributed by atoms with Crippen LogP contribution in [0.4, 0.5) is 8.78 Å². The molecule has 0 fully saturated rings. The van der Waals surface area contributed by atoms with Gasteiger partial charge in [-0.25, -0.2) is 8.78 Å². The van der Waals surface area contributed by atoms with E-state index in [1.807, 2.05) is 26.2 Å². The van der Waals surface area contributed by atoms with Crippen LogP contribution in [0.25, 0.3) is 0 Å². The zero-order valence-corrected chi connectivity index (χ0v) is 12.0. The number of halogens is 2. The Morgan fingerprint density at radius 3 is 2.65 bits per heavy atom. The highest BCUT2D eigenvalue weighted by molar-refractivity contribution is 5.33. The van der Waals surface area contributed by atoms with Crippen LogP contribution < -0.4 is 5.32 Å². The molecule has 1 unspecified atom stereocenters. The molecule has 0 saturated heterocycles. The lowest BCUT2D eigenvalue weighted by atomic mass is 10.0. The van der Waals surface area contributed by atoms with E-state index in [2.05, 4.69) is 10.4 Å². The maximum atomic E-state index is 14.1. The van der Waals surface area contributed by atoms with E-state index < -0.39 is 11.6 Å². The van der Waals surface area contributed by atoms with Crippen LogP contribution in [0.2, 0.25) is 0 Å². The number of benzene rings is 1. The molecule has 20 heavy (non-hydrogen) atoms. The van der Waals surface area contributed by atoms with Crippen molar-refractivity contribution in [3.05, 3.63) is 52.9 Å². The van der Waals surface area contributed by atoms with E-state index in [-0.39, 0.29) is 6.04 Å². The van der Waals surface area contributed by atoms with E-state index in [9.17, 15) is 8.78 Å². The van der Waals surface area contributed by atoms with E-state index in [4.69, 9.17) is 0 Å². The molecule has 5 heteroatoms. The number of nitrogens with zero attached hydrogens (tertiary/aromatic N) is 2. The predicted molar refractivity (Wildman–Crippen MR) is 74.4 cm³/mol. The van der Waals surface area contributed by atoms with E-state index in [1.54, 1.807) is 17.7 Å². The summed E-state index contributed by atoms with van der Waals surface area (Å²) in [6.45, 7) is 4.40. The average molecular weight is 279 g/mol. The largest absolute Gasteiger partial charge is 0.305 e. The molecule has 3 nitrogen and oxygen atoms in total. The van der Waals surface area contributed by atoms with Gasteiger partial charge in [0.05, 0.1) is 11.7 Å². The van der Waals surface area contributed by atoms with Gasteiger partial charge in [-0.2, -0.15) is 5.10 Å². The maximum Gasteiger partial charge on any atom is 0.131 e. The topological polar surface area (TPSA) is 29.9 Å². The lowest BCUT2D eigenvalue weighted by molar-refractivity contribution is 0.521. The van der Waals surface area contributed by atoms with Crippen LogP contribution in [0.15, 0.2) is 24.4 Å². The molecule has 0 aliphatic rings. The van der Waals surface area contributed by atoms with Gasteiger partial charge in [0, 0.05) is 24.9 Å². The zero-order chi connectivity index (χ0) is 14.7. The van der Waals surface area contributed by atoms with Gasteiger partial charge in [-0.15, -0.1) is 0 Å². The summed E-state index contributed by atoms with van der Waals surface area (Å²) in [6, 6.07) is 3.96. The highest BCUT2D eigenvalue weighted by atomic mass is 19.1. The second-order valence-corrected chi connectivity index (χ2v) is 4.92. The summed E-state index contributed by atoms with van der Waals surface area (Å²) in [5, 5.41) is 7.59. The number of aromatic nitrogens is 2. The van der Waals surface area contributed by atoms with Gasteiger partial charge >= 0.3 is 0 Å². The first-order valence-electron chi connectivity index (χ1n) is 6.71. The fraction of sp³-hybridized carbons (Fsp3) is 0.400. The first kappa shape index (κ1) is 14.7. The third-order valence-electron chi connectivity index (χ3n) is 3.22. The van der Waals surface area contributed by atoms with Crippen LogP contribution in [-0.4, -0.2) is 16.3 Å². The summed E-state index contributed by atoms with van der Waals surface area (Å²) in [6.07, 6.45) is 2.73. The molecule has 0 saturated carbocycles. The Morgan fingerprint density at radius 2 is 2.05 bits per heavy atom. The molecule has 0 amide bonds. The molecule has 0 radical (unpaired) electrons. The van der Waals surface area contributed by atoms with E-state index in [1.165, 1.54) is 0 Å². The van der Waals surface area contributed by atoms with Gasteiger partial charge in [-0.3, -0.25) is 4.68 Å². The third kappa shape index (κ3) is 3.04. The highest BCUT2D eigenvalue weighted by Crippen LogP contribution is 2.25. The lowest BCUT2D eigenvalue weighted by Crippen LogP contribution is -2.25. The number of hydrogen-bond acceptors (Lipinski definition) is 2. The van der Waals surface area contributed by atoms with Gasteiger partial charge in [0.1, 0.15) is 11.6 Å². The molecule has 0 aliphatic carbocycles. The Labute approximate surface area is 117 Å². The summed E-state index contributed by atoms with van der Waals surface area (Å²) < 4.78 is 29.2. The minimum atomic E-state index is -0.549. The summed E-state index contributed by atoms with van der Waals surface area (Å²) in [5.41, 5.74) is 1.59. The second-order valence-electron chi connectivity index (χ2n) is 4.92. The number of hydrogen-bond donors (Lipinski definition) is 1. The van der Waals surface area contributed by atoms with Gasteiger partial charge in [0.25, 0.3) is 0 Å². The summed E-state index contributed by atoms with van der Waals surface area (Å²) in [7, 11) is 1.81. The van der Waals surface area contributed by atoms with Crippen LogP contribution >= 0.6 is 0 Å². The smallest absolute Gasteiger partial charge is 0.131 e. The van der Waals surface area contributed by atoms with Crippen molar-refractivity contribution in [3.63, 3.8) is 0 Å². The van der Waals surface area contributed by atoms with Crippen LogP contribution in [0.1, 0.15) is 36.2 Å². The van der Waals surface area contributed by atoms with Crippen molar-refractivity contribution >= 4 is 0 Å². The van der Waals surface area contributed by atoms with Crippen molar-refractivity contribution in [2.75, 3.05) is 6.54 Å². The van der Waals surface area contributed by atoms with Gasteiger partial charge in [-0.1, -0.05) is 6.92 Å². The molecule has 108 valence electrons. The van der Waals surface area contributed by atoms with Crippen molar-refractivity contribution in [2.45, 2.75) is 26.3 Å². The standard InChI is InChI=1S/C15H19F2N3/c1-4-6-18-15(14-5-7-20(3)19-14)11-8-10(2)12(16)9-13(11)17/h5,7-9,15,18H,4,6H2,1-3H3. The van der Waals surface area contributed by atoms with E-state index >= 15 is 0 Å². The first-order valence-corrected chi connectivity index (χ1v) is 6.71. The highest BCUT2D eigenvalue weighted by Gasteiger charge is 2.21. The minimum Gasteiger partial charge on any atom is -0.305 e. The normalized spacial score (nSPS) is 12.7. The SMILES string of the molecule is CCCNC(c1ccn(C)n1)c1cc(C)c(F)cc1F. The van der Waals surface area contributed by atoms with Gasteiger partial charge in [0.15, 0.2) is 0 Å². The Hall–Kier alpha value is -1.75. The van der Waals surface area contributed by atoms with Crippen molar-refractivity contribution < 1.29 is 8.78 Å². The molecule has 0 bridgehead atoms. The number of nitrogens with one attached hydrogen (secondary N) is 1. The van der Waals surface area contributed by atoms with Crippen molar-refractivity contribution in [1.29, 1.82) is 0 Å². The van der Waals surface area contributed by atoms with Crippen molar-refractivity contribution in [3.8, 4) is 0 Å². The van der Waals surface area contributed by atoms with Crippen molar-refractivity contribution in [1.82, 2.24) is 15.1 Å². The van der Waals surface area contributed by atoms with Crippen LogP contribution in [0, 0.1) is 18.6 Å². The average Bonchev–Trinajstić information content (AvgIpc) is 2.82. The molecule has 1 aromatic carbocycles. The third-order valence-corrected chi connectivity index (χ3v) is 3.22. The summed E-state index contributed by atoms with van der Waals surface area (Å²) in [5.74, 6) is -1.08. The van der Waals surface area contributed by atoms with E-state index in [0.29, 0.717) is 11.1 Å².